The van der Waals surface area contributed by atoms with Gasteiger partial charge in [-0.2, -0.15) is 0 Å². The maximum Gasteiger partial charge on any atom is 0.122 e. The van der Waals surface area contributed by atoms with Crippen LogP contribution >= 0.6 is 0 Å². The molecule has 1 aromatic heterocycles. The van der Waals surface area contributed by atoms with Crippen molar-refractivity contribution < 1.29 is 0 Å². The number of aromatic nitrogens is 2. The number of hydrogen-bond donors (Lipinski definition) is 1. The molecule has 17 heavy (non-hydrogen) atoms. The van der Waals surface area contributed by atoms with Crippen molar-refractivity contribution in [3.8, 4) is 0 Å². The Morgan fingerprint density at radius 3 is 3.00 bits per heavy atom. The van der Waals surface area contributed by atoms with Gasteiger partial charge in [0.1, 0.15) is 5.82 Å². The lowest BCUT2D eigenvalue weighted by atomic mass is 9.92. The maximum atomic E-state index is 4.43. The van der Waals surface area contributed by atoms with Gasteiger partial charge in [0.25, 0.3) is 0 Å². The quantitative estimate of drug-likeness (QED) is 0.850. The SMILES string of the molecule is CCCn1ccnc1CNC1CCC(C)(C)C1. The minimum atomic E-state index is 0.524. The van der Waals surface area contributed by atoms with Gasteiger partial charge in [-0.1, -0.05) is 20.8 Å². The molecule has 1 saturated carbocycles. The largest absolute Gasteiger partial charge is 0.334 e. The molecule has 1 fully saturated rings. The van der Waals surface area contributed by atoms with Crippen molar-refractivity contribution in [1.82, 2.24) is 14.9 Å². The first-order chi connectivity index (χ1) is 8.11. The van der Waals surface area contributed by atoms with E-state index in [1.54, 1.807) is 0 Å². The lowest BCUT2D eigenvalue weighted by molar-refractivity contribution is 0.362. The van der Waals surface area contributed by atoms with Crippen LogP contribution in [0.15, 0.2) is 12.4 Å². The molecule has 3 heteroatoms. The second kappa shape index (κ2) is 5.21. The van der Waals surface area contributed by atoms with Crippen LogP contribution < -0.4 is 5.32 Å². The molecule has 1 atom stereocenters. The summed E-state index contributed by atoms with van der Waals surface area (Å²) < 4.78 is 2.26. The van der Waals surface area contributed by atoms with Gasteiger partial charge in [0.05, 0.1) is 6.54 Å². The van der Waals surface area contributed by atoms with Crippen LogP contribution in [0.1, 0.15) is 52.3 Å². The van der Waals surface area contributed by atoms with E-state index in [9.17, 15) is 0 Å². The molecule has 2 rings (SSSR count). The Kier molecular flexibility index (Phi) is 3.87. The fraction of sp³-hybridized carbons (Fsp3) is 0.786. The summed E-state index contributed by atoms with van der Waals surface area (Å²) in [7, 11) is 0. The average molecular weight is 235 g/mol. The van der Waals surface area contributed by atoms with Gasteiger partial charge in [-0.05, 0) is 31.1 Å². The number of hydrogen-bond acceptors (Lipinski definition) is 2. The van der Waals surface area contributed by atoms with Crippen molar-refractivity contribution in [3.63, 3.8) is 0 Å². The number of nitrogens with zero attached hydrogens (tertiary/aromatic N) is 2. The first-order valence-corrected chi connectivity index (χ1v) is 6.84. The zero-order chi connectivity index (χ0) is 12.3. The molecular weight excluding hydrogens is 210 g/mol. The summed E-state index contributed by atoms with van der Waals surface area (Å²) in [6, 6.07) is 0.678. The normalized spacial score (nSPS) is 23.1. The van der Waals surface area contributed by atoms with Crippen molar-refractivity contribution in [3.05, 3.63) is 18.2 Å². The minimum Gasteiger partial charge on any atom is -0.334 e. The summed E-state index contributed by atoms with van der Waals surface area (Å²) in [6.45, 7) is 8.93. The summed E-state index contributed by atoms with van der Waals surface area (Å²) in [5.41, 5.74) is 0.524. The molecule has 0 aliphatic heterocycles. The van der Waals surface area contributed by atoms with E-state index >= 15 is 0 Å². The molecule has 0 amide bonds. The Morgan fingerprint density at radius 2 is 2.35 bits per heavy atom. The van der Waals surface area contributed by atoms with E-state index in [0.717, 1.165) is 13.1 Å². The number of rotatable bonds is 5. The van der Waals surface area contributed by atoms with Crippen LogP contribution in [-0.2, 0) is 13.1 Å². The lowest BCUT2D eigenvalue weighted by Crippen LogP contribution is -2.28. The Labute approximate surface area is 105 Å². The fourth-order valence-electron chi connectivity index (χ4n) is 2.80. The lowest BCUT2D eigenvalue weighted by Gasteiger charge is -2.18. The van der Waals surface area contributed by atoms with Crippen LogP contribution in [0.5, 0.6) is 0 Å². The van der Waals surface area contributed by atoms with Gasteiger partial charge >= 0.3 is 0 Å². The molecule has 0 radical (unpaired) electrons. The van der Waals surface area contributed by atoms with Gasteiger partial charge in [0, 0.05) is 25.0 Å². The van der Waals surface area contributed by atoms with Crippen LogP contribution in [0.4, 0.5) is 0 Å². The van der Waals surface area contributed by atoms with Crippen molar-refractivity contribution in [2.45, 2.75) is 65.6 Å². The van der Waals surface area contributed by atoms with E-state index in [2.05, 4.69) is 41.8 Å². The second-order valence-corrected chi connectivity index (χ2v) is 6.02. The molecule has 0 spiro atoms. The van der Waals surface area contributed by atoms with Gasteiger partial charge in [0.2, 0.25) is 0 Å². The molecule has 96 valence electrons. The van der Waals surface area contributed by atoms with Crippen molar-refractivity contribution in [1.29, 1.82) is 0 Å². The Balaban J connectivity index is 1.84. The average Bonchev–Trinajstić information content (AvgIpc) is 2.83. The van der Waals surface area contributed by atoms with Crippen LogP contribution in [0.25, 0.3) is 0 Å². The number of imidazole rings is 1. The standard InChI is InChI=1S/C14H25N3/c1-4-8-17-9-7-15-13(17)11-16-12-5-6-14(2,3)10-12/h7,9,12,16H,4-6,8,10-11H2,1-3H3. The van der Waals surface area contributed by atoms with E-state index in [1.807, 2.05) is 6.20 Å². The van der Waals surface area contributed by atoms with Crippen molar-refractivity contribution in [2.24, 2.45) is 5.41 Å². The van der Waals surface area contributed by atoms with Crippen molar-refractivity contribution in [2.75, 3.05) is 0 Å². The van der Waals surface area contributed by atoms with E-state index in [4.69, 9.17) is 0 Å². The van der Waals surface area contributed by atoms with Gasteiger partial charge < -0.3 is 9.88 Å². The molecule has 1 unspecified atom stereocenters. The molecule has 0 bridgehead atoms. The first-order valence-electron chi connectivity index (χ1n) is 6.84. The summed E-state index contributed by atoms with van der Waals surface area (Å²) in [4.78, 5) is 4.43. The highest BCUT2D eigenvalue weighted by molar-refractivity contribution is 4.94. The highest BCUT2D eigenvalue weighted by Crippen LogP contribution is 2.36. The fourth-order valence-corrected chi connectivity index (χ4v) is 2.80. The zero-order valence-electron chi connectivity index (χ0n) is 11.4. The third-order valence-electron chi connectivity index (χ3n) is 3.78. The van der Waals surface area contributed by atoms with Crippen LogP contribution in [0.2, 0.25) is 0 Å². The highest BCUT2D eigenvalue weighted by Gasteiger charge is 2.30. The van der Waals surface area contributed by atoms with E-state index in [0.29, 0.717) is 11.5 Å². The van der Waals surface area contributed by atoms with Crippen molar-refractivity contribution >= 4 is 0 Å². The molecule has 0 aromatic carbocycles. The Bertz CT molecular complexity index is 354. The van der Waals surface area contributed by atoms with Gasteiger partial charge in [-0.25, -0.2) is 4.98 Å². The molecule has 1 aliphatic carbocycles. The third-order valence-corrected chi connectivity index (χ3v) is 3.78. The topological polar surface area (TPSA) is 29.9 Å². The highest BCUT2D eigenvalue weighted by atomic mass is 15.1. The first kappa shape index (κ1) is 12.6. The number of aryl methyl sites for hydroxylation is 1. The van der Waals surface area contributed by atoms with Gasteiger partial charge in [-0.3, -0.25) is 0 Å². The molecule has 1 N–H and O–H groups in total. The molecule has 1 heterocycles. The minimum absolute atomic E-state index is 0.524. The molecule has 0 saturated heterocycles. The summed E-state index contributed by atoms with van der Waals surface area (Å²) in [5.74, 6) is 1.18. The van der Waals surface area contributed by atoms with E-state index < -0.39 is 0 Å². The summed E-state index contributed by atoms with van der Waals surface area (Å²) in [5, 5.41) is 3.66. The molecule has 3 nitrogen and oxygen atoms in total. The van der Waals surface area contributed by atoms with E-state index in [-0.39, 0.29) is 0 Å². The van der Waals surface area contributed by atoms with Gasteiger partial charge in [0.15, 0.2) is 0 Å². The zero-order valence-corrected chi connectivity index (χ0v) is 11.4. The summed E-state index contributed by atoms with van der Waals surface area (Å²) in [6.07, 6.45) is 9.10. The molecule has 1 aliphatic rings. The predicted octanol–water partition coefficient (Wildman–Crippen LogP) is 2.96. The van der Waals surface area contributed by atoms with Crippen LogP contribution in [-0.4, -0.2) is 15.6 Å². The van der Waals surface area contributed by atoms with Gasteiger partial charge in [-0.15, -0.1) is 0 Å². The third kappa shape index (κ3) is 3.32. The monoisotopic (exact) mass is 235 g/mol. The van der Waals surface area contributed by atoms with Crippen LogP contribution in [0.3, 0.4) is 0 Å². The molecule has 1 aromatic rings. The predicted molar refractivity (Wildman–Crippen MR) is 70.8 cm³/mol. The number of nitrogens with one attached hydrogen (secondary N) is 1. The Morgan fingerprint density at radius 1 is 1.53 bits per heavy atom. The summed E-state index contributed by atoms with van der Waals surface area (Å²) >= 11 is 0. The second-order valence-electron chi connectivity index (χ2n) is 6.02. The smallest absolute Gasteiger partial charge is 0.122 e. The molecular formula is C14H25N3. The van der Waals surface area contributed by atoms with E-state index in [1.165, 1.54) is 31.5 Å². The maximum absolute atomic E-state index is 4.43. The Hall–Kier alpha value is -0.830. The van der Waals surface area contributed by atoms with Crippen LogP contribution in [0, 0.1) is 5.41 Å².